The van der Waals surface area contributed by atoms with Gasteiger partial charge in [-0.1, -0.05) is 50.6 Å². The van der Waals surface area contributed by atoms with E-state index in [0.29, 0.717) is 0 Å². The molecule has 17 heavy (non-hydrogen) atoms. The summed E-state index contributed by atoms with van der Waals surface area (Å²) in [5, 5.41) is 11.1. The molecule has 1 saturated heterocycles. The standard InChI is InChI=1S/C15H23NO/c1-13(2)15(17,14-9-5-3-6-10-14)16-11-7-4-8-12-16/h3,5-6,9-10,13,17H,4,7-8,11-12H2,1-2H3. The summed E-state index contributed by atoms with van der Waals surface area (Å²) in [6.45, 7) is 6.20. The van der Waals surface area contributed by atoms with Crippen LogP contribution in [0.25, 0.3) is 0 Å². The van der Waals surface area contributed by atoms with E-state index in [0.717, 1.165) is 18.7 Å². The van der Waals surface area contributed by atoms with E-state index < -0.39 is 5.72 Å². The maximum absolute atomic E-state index is 11.1. The number of benzene rings is 1. The Balaban J connectivity index is 2.31. The smallest absolute Gasteiger partial charge is 0.146 e. The van der Waals surface area contributed by atoms with Crippen LogP contribution in [-0.4, -0.2) is 23.1 Å². The molecular formula is C15H23NO. The summed E-state index contributed by atoms with van der Waals surface area (Å²) in [6, 6.07) is 10.1. The lowest BCUT2D eigenvalue weighted by Gasteiger charge is -2.45. The number of likely N-dealkylation sites (tertiary alicyclic amines) is 1. The van der Waals surface area contributed by atoms with Crippen LogP contribution < -0.4 is 0 Å². The van der Waals surface area contributed by atoms with Crippen molar-refractivity contribution < 1.29 is 5.11 Å². The van der Waals surface area contributed by atoms with Gasteiger partial charge in [0.05, 0.1) is 0 Å². The number of aliphatic hydroxyl groups is 1. The van der Waals surface area contributed by atoms with Gasteiger partial charge in [-0.15, -0.1) is 0 Å². The monoisotopic (exact) mass is 233 g/mol. The summed E-state index contributed by atoms with van der Waals surface area (Å²) in [5.74, 6) is 0.197. The Morgan fingerprint density at radius 3 is 2.18 bits per heavy atom. The van der Waals surface area contributed by atoms with Gasteiger partial charge in [0.1, 0.15) is 5.72 Å². The topological polar surface area (TPSA) is 23.5 Å². The maximum atomic E-state index is 11.1. The predicted octanol–water partition coefficient (Wildman–Crippen LogP) is 2.97. The third kappa shape index (κ3) is 2.38. The second kappa shape index (κ2) is 5.19. The third-order valence-electron chi connectivity index (χ3n) is 3.84. The van der Waals surface area contributed by atoms with Crippen molar-refractivity contribution in [2.24, 2.45) is 5.92 Å². The van der Waals surface area contributed by atoms with Crippen LogP contribution in [-0.2, 0) is 5.72 Å². The average Bonchev–Trinajstić information content (AvgIpc) is 2.39. The molecule has 1 aliphatic heterocycles. The van der Waals surface area contributed by atoms with Gasteiger partial charge in [0.25, 0.3) is 0 Å². The molecule has 1 fully saturated rings. The molecule has 0 aromatic heterocycles. The Labute approximate surface area is 104 Å². The highest BCUT2D eigenvalue weighted by Crippen LogP contribution is 2.35. The normalized spacial score (nSPS) is 21.4. The molecule has 2 rings (SSSR count). The number of hydrogen-bond acceptors (Lipinski definition) is 2. The molecule has 2 heteroatoms. The highest BCUT2D eigenvalue weighted by molar-refractivity contribution is 5.22. The Morgan fingerprint density at radius 1 is 1.06 bits per heavy atom. The number of hydrogen-bond donors (Lipinski definition) is 1. The summed E-state index contributed by atoms with van der Waals surface area (Å²) < 4.78 is 0. The molecule has 0 aliphatic carbocycles. The first-order chi connectivity index (χ1) is 8.15. The van der Waals surface area contributed by atoms with Crippen LogP contribution in [0, 0.1) is 5.92 Å². The van der Waals surface area contributed by atoms with Gasteiger partial charge in [-0.2, -0.15) is 0 Å². The maximum Gasteiger partial charge on any atom is 0.146 e. The summed E-state index contributed by atoms with van der Waals surface area (Å²) in [4.78, 5) is 2.25. The van der Waals surface area contributed by atoms with E-state index in [9.17, 15) is 5.11 Å². The van der Waals surface area contributed by atoms with Crippen LogP contribution >= 0.6 is 0 Å². The van der Waals surface area contributed by atoms with Gasteiger partial charge >= 0.3 is 0 Å². The summed E-state index contributed by atoms with van der Waals surface area (Å²) >= 11 is 0. The minimum Gasteiger partial charge on any atom is -0.371 e. The van der Waals surface area contributed by atoms with Gasteiger partial charge in [0.2, 0.25) is 0 Å². The van der Waals surface area contributed by atoms with Gasteiger partial charge in [0, 0.05) is 19.0 Å². The zero-order valence-electron chi connectivity index (χ0n) is 10.9. The third-order valence-corrected chi connectivity index (χ3v) is 3.84. The van der Waals surface area contributed by atoms with Crippen LogP contribution in [0.2, 0.25) is 0 Å². The average molecular weight is 233 g/mol. The molecule has 1 atom stereocenters. The second-order valence-electron chi connectivity index (χ2n) is 5.29. The van der Waals surface area contributed by atoms with E-state index in [1.165, 1.54) is 19.3 Å². The quantitative estimate of drug-likeness (QED) is 0.867. The van der Waals surface area contributed by atoms with Crippen LogP contribution in [0.15, 0.2) is 30.3 Å². The van der Waals surface area contributed by atoms with Gasteiger partial charge < -0.3 is 5.11 Å². The molecule has 1 N–H and O–H groups in total. The Hall–Kier alpha value is -0.860. The van der Waals surface area contributed by atoms with Crippen molar-refractivity contribution in [2.75, 3.05) is 13.1 Å². The molecule has 1 heterocycles. The van der Waals surface area contributed by atoms with Crippen LogP contribution in [0.4, 0.5) is 0 Å². The lowest BCUT2D eigenvalue weighted by Crippen LogP contribution is -2.52. The van der Waals surface area contributed by atoms with E-state index >= 15 is 0 Å². The molecule has 0 bridgehead atoms. The zero-order valence-corrected chi connectivity index (χ0v) is 10.9. The van der Waals surface area contributed by atoms with Crippen molar-refractivity contribution in [3.05, 3.63) is 35.9 Å². The van der Waals surface area contributed by atoms with E-state index in [-0.39, 0.29) is 5.92 Å². The molecule has 0 spiro atoms. The minimum absolute atomic E-state index is 0.197. The highest BCUT2D eigenvalue weighted by atomic mass is 16.3. The first-order valence-corrected chi connectivity index (χ1v) is 6.68. The fraction of sp³-hybridized carbons (Fsp3) is 0.600. The molecule has 1 aromatic carbocycles. The van der Waals surface area contributed by atoms with Crippen LogP contribution in [0.5, 0.6) is 0 Å². The molecule has 94 valence electrons. The van der Waals surface area contributed by atoms with E-state index in [1.807, 2.05) is 30.3 Å². The fourth-order valence-electron chi connectivity index (χ4n) is 2.80. The molecular weight excluding hydrogens is 210 g/mol. The van der Waals surface area contributed by atoms with Crippen molar-refractivity contribution in [1.82, 2.24) is 4.90 Å². The van der Waals surface area contributed by atoms with E-state index in [2.05, 4.69) is 18.7 Å². The second-order valence-corrected chi connectivity index (χ2v) is 5.29. The summed E-state index contributed by atoms with van der Waals surface area (Å²) in [6.07, 6.45) is 3.68. The molecule has 0 radical (unpaired) electrons. The molecule has 1 aliphatic rings. The largest absolute Gasteiger partial charge is 0.371 e. The molecule has 1 aromatic rings. The lowest BCUT2D eigenvalue weighted by atomic mass is 9.88. The number of nitrogens with zero attached hydrogens (tertiary/aromatic N) is 1. The van der Waals surface area contributed by atoms with Crippen molar-refractivity contribution in [2.45, 2.75) is 38.8 Å². The van der Waals surface area contributed by atoms with Crippen molar-refractivity contribution in [3.63, 3.8) is 0 Å². The number of piperidine rings is 1. The van der Waals surface area contributed by atoms with Gasteiger partial charge in [0.15, 0.2) is 0 Å². The minimum atomic E-state index is -0.804. The molecule has 1 unspecified atom stereocenters. The molecule has 0 saturated carbocycles. The van der Waals surface area contributed by atoms with Crippen molar-refractivity contribution >= 4 is 0 Å². The number of rotatable bonds is 3. The van der Waals surface area contributed by atoms with Gasteiger partial charge in [-0.25, -0.2) is 0 Å². The zero-order chi connectivity index (χ0) is 12.3. The first kappa shape index (κ1) is 12.6. The van der Waals surface area contributed by atoms with E-state index in [1.54, 1.807) is 0 Å². The van der Waals surface area contributed by atoms with Crippen molar-refractivity contribution in [3.8, 4) is 0 Å². The Bertz CT molecular complexity index is 343. The fourth-order valence-corrected chi connectivity index (χ4v) is 2.80. The first-order valence-electron chi connectivity index (χ1n) is 6.68. The summed E-state index contributed by atoms with van der Waals surface area (Å²) in [5.41, 5.74) is 0.221. The molecule has 2 nitrogen and oxygen atoms in total. The lowest BCUT2D eigenvalue weighted by molar-refractivity contribution is -0.156. The SMILES string of the molecule is CC(C)C(O)(c1ccccc1)N1CCCCC1. The molecule has 0 amide bonds. The van der Waals surface area contributed by atoms with Crippen LogP contribution in [0.1, 0.15) is 38.7 Å². The Morgan fingerprint density at radius 2 is 1.65 bits per heavy atom. The van der Waals surface area contributed by atoms with Crippen LogP contribution in [0.3, 0.4) is 0 Å². The van der Waals surface area contributed by atoms with Gasteiger partial charge in [-0.3, -0.25) is 4.90 Å². The van der Waals surface area contributed by atoms with E-state index in [4.69, 9.17) is 0 Å². The van der Waals surface area contributed by atoms with Crippen molar-refractivity contribution in [1.29, 1.82) is 0 Å². The Kier molecular flexibility index (Phi) is 3.85. The van der Waals surface area contributed by atoms with Gasteiger partial charge in [-0.05, 0) is 18.4 Å². The summed E-state index contributed by atoms with van der Waals surface area (Å²) in [7, 11) is 0. The highest BCUT2D eigenvalue weighted by Gasteiger charge is 2.39. The predicted molar refractivity (Wildman–Crippen MR) is 70.6 cm³/mol.